The van der Waals surface area contributed by atoms with Crippen LogP contribution in [0.25, 0.3) is 0 Å². The van der Waals surface area contributed by atoms with Gasteiger partial charge in [0, 0.05) is 6.07 Å². The first kappa shape index (κ1) is 21.8. The minimum absolute atomic E-state index is 0.233. The molecule has 0 radical (unpaired) electrons. The summed E-state index contributed by atoms with van der Waals surface area (Å²) in [5, 5.41) is 2.90. The molecule has 2 rings (SSSR count). The van der Waals surface area contributed by atoms with Crippen LogP contribution in [-0.4, -0.2) is 33.7 Å². The maximum absolute atomic E-state index is 12.6. The molecule has 2 aromatic rings. The van der Waals surface area contributed by atoms with Gasteiger partial charge < -0.3 is 10.1 Å². The zero-order valence-corrected chi connectivity index (χ0v) is 17.8. The second-order valence-electron chi connectivity index (χ2n) is 6.85. The Morgan fingerprint density at radius 3 is 2.54 bits per heavy atom. The fourth-order valence-corrected chi connectivity index (χ4v) is 3.87. The van der Waals surface area contributed by atoms with Crippen molar-refractivity contribution < 1.29 is 17.9 Å². The monoisotopic (exact) mass is 404 g/mol. The van der Waals surface area contributed by atoms with Crippen molar-refractivity contribution >= 4 is 21.6 Å². The number of carbonyl (C=O) groups excluding carboxylic acids is 1. The molecule has 0 fully saturated rings. The zero-order chi connectivity index (χ0) is 20.9. The molecule has 0 aromatic heterocycles. The molecule has 0 bridgehead atoms. The van der Waals surface area contributed by atoms with Crippen LogP contribution in [0.2, 0.25) is 0 Å². The summed E-state index contributed by atoms with van der Waals surface area (Å²) in [5.74, 6) is 0.179. The zero-order valence-electron chi connectivity index (χ0n) is 17.0. The highest BCUT2D eigenvalue weighted by Crippen LogP contribution is 2.24. The summed E-state index contributed by atoms with van der Waals surface area (Å²) in [7, 11) is -3.64. The van der Waals surface area contributed by atoms with Gasteiger partial charge in [-0.05, 0) is 51.0 Å². The van der Waals surface area contributed by atoms with Gasteiger partial charge in [0.2, 0.25) is 15.9 Å². The van der Waals surface area contributed by atoms with Gasteiger partial charge in [-0.3, -0.25) is 9.10 Å². The topological polar surface area (TPSA) is 75.7 Å². The Bertz CT molecular complexity index is 941. The summed E-state index contributed by atoms with van der Waals surface area (Å²) >= 11 is 0. The third-order valence-corrected chi connectivity index (χ3v) is 5.52. The standard InChI is InChI=1S/C21H28N2O4S/c1-6-27-19-9-7-8-18(13-19)23(28(5,25)26)14-21(24)22-17(4)20-12-15(2)10-11-16(20)3/h7-13,17H,6,14H2,1-5H3,(H,22,24). The van der Waals surface area contributed by atoms with E-state index in [1.165, 1.54) is 0 Å². The summed E-state index contributed by atoms with van der Waals surface area (Å²) < 4.78 is 31.1. The van der Waals surface area contributed by atoms with Crippen LogP contribution in [0.15, 0.2) is 42.5 Å². The molecule has 0 saturated heterocycles. The third-order valence-electron chi connectivity index (χ3n) is 4.38. The number of carbonyl (C=O) groups is 1. The number of ether oxygens (including phenoxy) is 1. The van der Waals surface area contributed by atoms with Crippen molar-refractivity contribution in [1.82, 2.24) is 5.32 Å². The molecule has 0 saturated carbocycles. The Morgan fingerprint density at radius 2 is 1.89 bits per heavy atom. The van der Waals surface area contributed by atoms with Gasteiger partial charge in [-0.25, -0.2) is 8.42 Å². The number of nitrogens with zero attached hydrogens (tertiary/aromatic N) is 1. The van der Waals surface area contributed by atoms with Crippen LogP contribution in [0, 0.1) is 13.8 Å². The van der Waals surface area contributed by atoms with Crippen molar-refractivity contribution in [3.05, 3.63) is 59.2 Å². The van der Waals surface area contributed by atoms with Gasteiger partial charge in [-0.15, -0.1) is 0 Å². The Morgan fingerprint density at radius 1 is 1.18 bits per heavy atom. The van der Waals surface area contributed by atoms with Crippen LogP contribution in [0.3, 0.4) is 0 Å². The Hall–Kier alpha value is -2.54. The van der Waals surface area contributed by atoms with Crippen molar-refractivity contribution in [1.29, 1.82) is 0 Å². The first-order valence-corrected chi connectivity index (χ1v) is 11.0. The maximum atomic E-state index is 12.6. The van der Waals surface area contributed by atoms with E-state index in [4.69, 9.17) is 4.74 Å². The van der Waals surface area contributed by atoms with Gasteiger partial charge in [0.1, 0.15) is 12.3 Å². The molecule has 1 atom stereocenters. The minimum atomic E-state index is -3.64. The van der Waals surface area contributed by atoms with Crippen molar-refractivity contribution in [3.63, 3.8) is 0 Å². The van der Waals surface area contributed by atoms with Crippen molar-refractivity contribution in [2.24, 2.45) is 0 Å². The lowest BCUT2D eigenvalue weighted by Gasteiger charge is -2.24. The van der Waals surface area contributed by atoms with E-state index in [1.807, 2.05) is 45.9 Å². The van der Waals surface area contributed by atoms with Gasteiger partial charge >= 0.3 is 0 Å². The number of hydrogen-bond acceptors (Lipinski definition) is 4. The first-order valence-electron chi connectivity index (χ1n) is 9.19. The fourth-order valence-electron chi connectivity index (χ4n) is 3.02. The highest BCUT2D eigenvalue weighted by Gasteiger charge is 2.22. The number of sulfonamides is 1. The second-order valence-corrected chi connectivity index (χ2v) is 8.76. The number of aryl methyl sites for hydroxylation is 2. The lowest BCUT2D eigenvalue weighted by atomic mass is 10.00. The van der Waals surface area contributed by atoms with E-state index >= 15 is 0 Å². The summed E-state index contributed by atoms with van der Waals surface area (Å²) in [5.41, 5.74) is 3.58. The smallest absolute Gasteiger partial charge is 0.241 e. The predicted octanol–water partition coefficient (Wildman–Crippen LogP) is 3.35. The summed E-state index contributed by atoms with van der Waals surface area (Å²) in [6, 6.07) is 12.5. The Kier molecular flexibility index (Phi) is 7.07. The average molecular weight is 405 g/mol. The molecular weight excluding hydrogens is 376 g/mol. The van der Waals surface area contributed by atoms with Gasteiger partial charge in [0.05, 0.1) is 24.6 Å². The Labute approximate surface area is 167 Å². The summed E-state index contributed by atoms with van der Waals surface area (Å²) in [6.45, 7) is 7.89. The normalized spacial score (nSPS) is 12.3. The number of rotatable bonds is 8. The van der Waals surface area contributed by atoms with Gasteiger partial charge in [-0.1, -0.05) is 29.8 Å². The predicted molar refractivity (Wildman–Crippen MR) is 112 cm³/mol. The number of anilines is 1. The van der Waals surface area contributed by atoms with E-state index in [0.717, 1.165) is 27.3 Å². The molecule has 0 aliphatic carbocycles. The van der Waals surface area contributed by atoms with E-state index in [-0.39, 0.29) is 18.5 Å². The average Bonchev–Trinajstić information content (AvgIpc) is 2.61. The maximum Gasteiger partial charge on any atom is 0.241 e. The van der Waals surface area contributed by atoms with Crippen LogP contribution < -0.4 is 14.4 Å². The molecule has 28 heavy (non-hydrogen) atoms. The molecule has 2 aromatic carbocycles. The number of hydrogen-bond donors (Lipinski definition) is 1. The number of amides is 1. The van der Waals surface area contributed by atoms with Crippen LogP contribution in [0.1, 0.15) is 36.6 Å². The molecule has 7 heteroatoms. The van der Waals surface area contributed by atoms with Gasteiger partial charge in [0.15, 0.2) is 0 Å². The second kappa shape index (κ2) is 9.10. The van der Waals surface area contributed by atoms with Crippen LogP contribution in [0.4, 0.5) is 5.69 Å². The SMILES string of the molecule is CCOc1cccc(N(CC(=O)NC(C)c2cc(C)ccc2C)S(C)(=O)=O)c1. The number of benzene rings is 2. The summed E-state index contributed by atoms with van der Waals surface area (Å²) in [4.78, 5) is 12.6. The van der Waals surface area contributed by atoms with E-state index in [0.29, 0.717) is 18.0 Å². The lowest BCUT2D eigenvalue weighted by Crippen LogP contribution is -2.41. The van der Waals surface area contributed by atoms with Crippen molar-refractivity contribution in [2.45, 2.75) is 33.7 Å². The molecule has 1 amide bonds. The molecule has 0 heterocycles. The van der Waals surface area contributed by atoms with E-state index in [2.05, 4.69) is 5.32 Å². The lowest BCUT2D eigenvalue weighted by molar-refractivity contribution is -0.120. The van der Waals surface area contributed by atoms with Gasteiger partial charge in [-0.2, -0.15) is 0 Å². The number of nitrogens with one attached hydrogen (secondary N) is 1. The molecule has 1 unspecified atom stereocenters. The van der Waals surface area contributed by atoms with Crippen LogP contribution in [-0.2, 0) is 14.8 Å². The van der Waals surface area contributed by atoms with Crippen molar-refractivity contribution in [2.75, 3.05) is 23.7 Å². The van der Waals surface area contributed by atoms with Gasteiger partial charge in [0.25, 0.3) is 0 Å². The minimum Gasteiger partial charge on any atom is -0.494 e. The highest BCUT2D eigenvalue weighted by molar-refractivity contribution is 7.92. The molecule has 0 aliphatic rings. The molecule has 0 aliphatic heterocycles. The van der Waals surface area contributed by atoms with E-state index < -0.39 is 10.0 Å². The molecule has 0 spiro atoms. The highest BCUT2D eigenvalue weighted by atomic mass is 32.2. The molecule has 152 valence electrons. The molecular formula is C21H28N2O4S. The molecule has 1 N–H and O–H groups in total. The van der Waals surface area contributed by atoms with Crippen molar-refractivity contribution in [3.8, 4) is 5.75 Å². The van der Waals surface area contributed by atoms with E-state index in [1.54, 1.807) is 24.3 Å². The fraction of sp³-hybridized carbons (Fsp3) is 0.381. The molecule has 6 nitrogen and oxygen atoms in total. The Balaban J connectivity index is 2.20. The third kappa shape index (κ3) is 5.73. The van der Waals surface area contributed by atoms with Crippen LogP contribution in [0.5, 0.6) is 5.75 Å². The van der Waals surface area contributed by atoms with E-state index in [9.17, 15) is 13.2 Å². The summed E-state index contributed by atoms with van der Waals surface area (Å²) in [6.07, 6.45) is 1.09. The quantitative estimate of drug-likeness (QED) is 0.732. The largest absolute Gasteiger partial charge is 0.494 e. The van der Waals surface area contributed by atoms with Crippen LogP contribution >= 0.6 is 0 Å². The first-order chi connectivity index (χ1) is 13.1.